The summed E-state index contributed by atoms with van der Waals surface area (Å²) in [6, 6.07) is 26.4. The van der Waals surface area contributed by atoms with Crippen LogP contribution in [0.15, 0.2) is 84.9 Å². The molecule has 0 aliphatic carbocycles. The van der Waals surface area contributed by atoms with Crippen molar-refractivity contribution < 1.29 is 23.8 Å². The molecule has 5 heteroatoms. The van der Waals surface area contributed by atoms with Gasteiger partial charge in [0.1, 0.15) is 28.6 Å². The summed E-state index contributed by atoms with van der Waals surface area (Å²) < 4.78 is 18.0. The summed E-state index contributed by atoms with van der Waals surface area (Å²) in [6.45, 7) is 18.6. The smallest absolute Gasteiger partial charge is 0.343 e. The van der Waals surface area contributed by atoms with E-state index in [1.807, 2.05) is 32.9 Å². The van der Waals surface area contributed by atoms with Crippen molar-refractivity contribution in [2.75, 3.05) is 0 Å². The highest BCUT2D eigenvalue weighted by molar-refractivity contribution is 6.00. The van der Waals surface area contributed by atoms with Gasteiger partial charge in [0.25, 0.3) is 0 Å². The lowest BCUT2D eigenvalue weighted by Gasteiger charge is -2.26. The number of hydrogen-bond donors (Lipinski definition) is 0. The molecule has 0 spiro atoms. The molecular formula is C41H48O5. The highest BCUT2D eigenvalue weighted by Gasteiger charge is 2.27. The van der Waals surface area contributed by atoms with Crippen LogP contribution in [0.25, 0.3) is 0 Å². The van der Waals surface area contributed by atoms with Crippen molar-refractivity contribution in [2.24, 2.45) is 5.41 Å². The van der Waals surface area contributed by atoms with Gasteiger partial charge in [0.2, 0.25) is 0 Å². The standard InChI is InChI=1S/C41H48O5/c1-10-24-40(6,7)38(42)30-12-18-34(19-13-30)44-35-20-14-31(15-21-35)39(43)45-36-22-16-32(25-27(36)3)29(5)33-17-23-37(28(4)26-33)46-41(8,9)11-2/h12-23,25-26,29H,10-11,24H2,1-9H3. The van der Waals surface area contributed by atoms with Crippen molar-refractivity contribution in [2.45, 2.75) is 93.1 Å². The number of ketones is 1. The molecule has 46 heavy (non-hydrogen) atoms. The maximum absolute atomic E-state index is 13.0. The molecule has 0 aliphatic rings. The quantitative estimate of drug-likeness (QED) is 0.0845. The first kappa shape index (κ1) is 34.5. The van der Waals surface area contributed by atoms with Gasteiger partial charge in [0.05, 0.1) is 5.56 Å². The van der Waals surface area contributed by atoms with Crippen LogP contribution < -0.4 is 14.2 Å². The summed E-state index contributed by atoms with van der Waals surface area (Å²) in [7, 11) is 0. The minimum Gasteiger partial charge on any atom is -0.488 e. The fraction of sp³-hybridized carbons (Fsp3) is 0.366. The minimum atomic E-state index is -0.436. The zero-order valence-corrected chi connectivity index (χ0v) is 28.8. The molecule has 1 atom stereocenters. The van der Waals surface area contributed by atoms with Gasteiger partial charge in [-0.1, -0.05) is 65.3 Å². The molecule has 0 aromatic heterocycles. The van der Waals surface area contributed by atoms with Gasteiger partial charge in [-0.25, -0.2) is 4.79 Å². The van der Waals surface area contributed by atoms with Crippen LogP contribution in [0.5, 0.6) is 23.0 Å². The van der Waals surface area contributed by atoms with Crippen molar-refractivity contribution in [1.82, 2.24) is 0 Å². The van der Waals surface area contributed by atoms with Crippen LogP contribution in [0.3, 0.4) is 0 Å². The van der Waals surface area contributed by atoms with Crippen molar-refractivity contribution in [3.8, 4) is 23.0 Å². The molecule has 0 N–H and O–H groups in total. The van der Waals surface area contributed by atoms with E-state index >= 15 is 0 Å². The largest absolute Gasteiger partial charge is 0.488 e. The van der Waals surface area contributed by atoms with E-state index in [4.69, 9.17) is 14.2 Å². The normalized spacial score (nSPS) is 12.4. The Balaban J connectivity index is 1.37. The molecule has 5 nitrogen and oxygen atoms in total. The van der Waals surface area contributed by atoms with Crippen molar-refractivity contribution in [1.29, 1.82) is 0 Å². The third-order valence-electron chi connectivity index (χ3n) is 8.77. The van der Waals surface area contributed by atoms with Gasteiger partial charge < -0.3 is 14.2 Å². The Morgan fingerprint density at radius 2 is 1.20 bits per heavy atom. The first-order valence-corrected chi connectivity index (χ1v) is 16.3. The number of ether oxygens (including phenoxy) is 3. The van der Waals surface area contributed by atoms with Gasteiger partial charge in [0, 0.05) is 16.9 Å². The lowest BCUT2D eigenvalue weighted by atomic mass is 9.80. The molecule has 4 aromatic rings. The van der Waals surface area contributed by atoms with Crippen LogP contribution in [0.4, 0.5) is 0 Å². The van der Waals surface area contributed by atoms with Gasteiger partial charge in [-0.05, 0) is 123 Å². The fourth-order valence-corrected chi connectivity index (χ4v) is 5.43. The highest BCUT2D eigenvalue weighted by Crippen LogP contribution is 2.33. The Morgan fingerprint density at radius 1 is 0.696 bits per heavy atom. The summed E-state index contributed by atoms with van der Waals surface area (Å²) in [5, 5.41) is 0. The molecule has 0 heterocycles. The second-order valence-electron chi connectivity index (χ2n) is 13.5. The monoisotopic (exact) mass is 620 g/mol. The summed E-state index contributed by atoms with van der Waals surface area (Å²) in [5.74, 6) is 2.49. The van der Waals surface area contributed by atoms with Gasteiger partial charge in [-0.15, -0.1) is 0 Å². The summed E-state index contributed by atoms with van der Waals surface area (Å²) in [5.41, 5.74) is 4.84. The Labute approximate surface area is 274 Å². The van der Waals surface area contributed by atoms with Crippen LogP contribution in [0.1, 0.15) is 117 Å². The van der Waals surface area contributed by atoms with E-state index in [2.05, 4.69) is 65.8 Å². The molecule has 0 saturated heterocycles. The Hall–Kier alpha value is -4.38. The molecule has 0 fully saturated rings. The second kappa shape index (κ2) is 14.4. The lowest BCUT2D eigenvalue weighted by molar-refractivity contribution is 0.0733. The molecule has 0 saturated carbocycles. The molecule has 4 aromatic carbocycles. The summed E-state index contributed by atoms with van der Waals surface area (Å²) in [4.78, 5) is 25.8. The average molecular weight is 621 g/mol. The SMILES string of the molecule is CCCC(C)(C)C(=O)c1ccc(Oc2ccc(C(=O)Oc3ccc(C(C)c4ccc(OC(C)(C)CC)c(C)c4)cc3C)cc2)cc1. The predicted octanol–water partition coefficient (Wildman–Crippen LogP) is 11.0. The maximum atomic E-state index is 13.0. The predicted molar refractivity (Wildman–Crippen MR) is 186 cm³/mol. The molecule has 0 amide bonds. The topological polar surface area (TPSA) is 61.8 Å². The van der Waals surface area contributed by atoms with Crippen LogP contribution in [0.2, 0.25) is 0 Å². The minimum absolute atomic E-state index is 0.130. The van der Waals surface area contributed by atoms with E-state index in [0.29, 0.717) is 28.4 Å². The molecular weight excluding hydrogens is 572 g/mol. The van der Waals surface area contributed by atoms with E-state index in [1.54, 1.807) is 48.5 Å². The second-order valence-corrected chi connectivity index (χ2v) is 13.5. The van der Waals surface area contributed by atoms with E-state index in [-0.39, 0.29) is 17.3 Å². The molecule has 0 bridgehead atoms. The van der Waals surface area contributed by atoms with Gasteiger partial charge >= 0.3 is 5.97 Å². The molecule has 0 radical (unpaired) electrons. The van der Waals surface area contributed by atoms with E-state index in [9.17, 15) is 9.59 Å². The van der Waals surface area contributed by atoms with E-state index in [1.165, 1.54) is 5.56 Å². The van der Waals surface area contributed by atoms with Crippen LogP contribution in [0, 0.1) is 19.3 Å². The van der Waals surface area contributed by atoms with E-state index in [0.717, 1.165) is 41.7 Å². The first-order valence-electron chi connectivity index (χ1n) is 16.3. The fourth-order valence-electron chi connectivity index (χ4n) is 5.43. The Kier molecular flexibility index (Phi) is 10.8. The van der Waals surface area contributed by atoms with Crippen LogP contribution in [-0.4, -0.2) is 17.4 Å². The number of Topliss-reactive ketones (excluding diaryl/α,β-unsaturated/α-hetero) is 1. The third kappa shape index (κ3) is 8.45. The van der Waals surface area contributed by atoms with Crippen LogP contribution in [-0.2, 0) is 0 Å². The van der Waals surface area contributed by atoms with Gasteiger partial charge in [-0.2, -0.15) is 0 Å². The number of carbonyl (C=O) groups is 2. The zero-order valence-electron chi connectivity index (χ0n) is 28.8. The molecule has 0 aliphatic heterocycles. The van der Waals surface area contributed by atoms with Crippen molar-refractivity contribution in [3.05, 3.63) is 118 Å². The number of esters is 1. The number of aryl methyl sites for hydroxylation is 2. The maximum Gasteiger partial charge on any atom is 0.343 e. The Morgan fingerprint density at radius 3 is 1.67 bits per heavy atom. The number of rotatable bonds is 13. The average Bonchev–Trinajstić information content (AvgIpc) is 3.03. The van der Waals surface area contributed by atoms with Gasteiger partial charge in [0.15, 0.2) is 5.78 Å². The zero-order chi connectivity index (χ0) is 33.6. The summed E-state index contributed by atoms with van der Waals surface area (Å²) >= 11 is 0. The third-order valence-corrected chi connectivity index (χ3v) is 8.77. The molecule has 4 rings (SSSR count). The number of hydrogen-bond acceptors (Lipinski definition) is 5. The lowest BCUT2D eigenvalue weighted by Crippen LogP contribution is -2.27. The van der Waals surface area contributed by atoms with E-state index < -0.39 is 11.4 Å². The molecule has 1 unspecified atom stereocenters. The van der Waals surface area contributed by atoms with Crippen molar-refractivity contribution in [3.63, 3.8) is 0 Å². The molecule has 242 valence electrons. The Bertz CT molecular complexity index is 1660. The van der Waals surface area contributed by atoms with Crippen LogP contribution >= 0.6 is 0 Å². The van der Waals surface area contributed by atoms with Crippen molar-refractivity contribution >= 4 is 11.8 Å². The summed E-state index contributed by atoms with van der Waals surface area (Å²) in [6.07, 6.45) is 2.73. The first-order chi connectivity index (χ1) is 21.7. The number of carbonyl (C=O) groups excluding carboxylic acids is 2. The number of benzene rings is 4. The van der Waals surface area contributed by atoms with Gasteiger partial charge in [-0.3, -0.25) is 4.79 Å². The highest BCUT2D eigenvalue weighted by atomic mass is 16.5.